The van der Waals surface area contributed by atoms with E-state index in [4.69, 9.17) is 4.74 Å². The third-order valence-electron chi connectivity index (χ3n) is 4.52. The smallest absolute Gasteiger partial charge is 0.168 e. The lowest BCUT2D eigenvalue weighted by atomic mass is 9.90. The Balaban J connectivity index is 2.00. The van der Waals surface area contributed by atoms with Crippen molar-refractivity contribution < 1.29 is 28.5 Å². The maximum atomic E-state index is 13.3. The monoisotopic (exact) mass is 384 g/mol. The van der Waals surface area contributed by atoms with Gasteiger partial charge in [-0.2, -0.15) is 0 Å². The summed E-state index contributed by atoms with van der Waals surface area (Å²) in [5.41, 5.74) is 2.40. The molecule has 144 valence electrons. The molecule has 0 fully saturated rings. The summed E-state index contributed by atoms with van der Waals surface area (Å²) in [6, 6.07) is 11.4. The highest BCUT2D eigenvalue weighted by atomic mass is 19.1. The first-order valence-corrected chi connectivity index (χ1v) is 8.53. The number of phenols is 2. The van der Waals surface area contributed by atoms with Gasteiger partial charge in [0.25, 0.3) is 0 Å². The minimum atomic E-state index is -0.529. The van der Waals surface area contributed by atoms with Crippen molar-refractivity contribution in [2.75, 3.05) is 0 Å². The van der Waals surface area contributed by atoms with Gasteiger partial charge in [0.05, 0.1) is 18.8 Å². The lowest BCUT2D eigenvalue weighted by Crippen LogP contribution is -2.04. The Kier molecular flexibility index (Phi) is 5.70. The minimum Gasteiger partial charge on any atom is -0.504 e. The number of carbonyl (C=O) groups excluding carboxylic acids is 1. The van der Waals surface area contributed by atoms with E-state index in [1.54, 1.807) is 19.1 Å². The molecule has 0 heterocycles. The second-order valence-electron chi connectivity index (χ2n) is 6.33. The number of benzene rings is 3. The van der Waals surface area contributed by atoms with Crippen molar-refractivity contribution in [2.24, 2.45) is 0 Å². The van der Waals surface area contributed by atoms with Crippen LogP contribution in [-0.2, 0) is 18.0 Å². The van der Waals surface area contributed by atoms with E-state index in [-0.39, 0.29) is 24.6 Å². The van der Waals surface area contributed by atoms with Crippen molar-refractivity contribution in [3.05, 3.63) is 82.4 Å². The van der Waals surface area contributed by atoms with E-state index in [0.29, 0.717) is 28.5 Å². The molecule has 0 amide bonds. The van der Waals surface area contributed by atoms with Crippen molar-refractivity contribution in [3.63, 3.8) is 0 Å². The maximum absolute atomic E-state index is 13.3. The lowest BCUT2D eigenvalue weighted by Gasteiger charge is -2.18. The SMILES string of the molecule is Cc1c(O)c(O)c(C=O)c(COCc2ccc(F)cc2)c1-c1ccc(F)cc1. The van der Waals surface area contributed by atoms with E-state index in [1.165, 1.54) is 36.4 Å². The van der Waals surface area contributed by atoms with Crippen molar-refractivity contribution in [2.45, 2.75) is 20.1 Å². The van der Waals surface area contributed by atoms with Gasteiger partial charge in [-0.3, -0.25) is 4.79 Å². The van der Waals surface area contributed by atoms with Crippen LogP contribution in [0.2, 0.25) is 0 Å². The predicted molar refractivity (Wildman–Crippen MR) is 100 cm³/mol. The van der Waals surface area contributed by atoms with Gasteiger partial charge in [0.1, 0.15) is 11.6 Å². The summed E-state index contributed by atoms with van der Waals surface area (Å²) < 4.78 is 32.0. The number of carbonyl (C=O) groups is 1. The van der Waals surface area contributed by atoms with Crippen LogP contribution in [0.4, 0.5) is 8.78 Å². The van der Waals surface area contributed by atoms with Crippen LogP contribution in [-0.4, -0.2) is 16.5 Å². The quantitative estimate of drug-likeness (QED) is 0.470. The molecule has 0 saturated heterocycles. The first kappa shape index (κ1) is 19.5. The third-order valence-corrected chi connectivity index (χ3v) is 4.52. The molecule has 0 aromatic heterocycles. The molecule has 0 radical (unpaired) electrons. The highest BCUT2D eigenvalue weighted by molar-refractivity contribution is 5.90. The molecule has 3 aromatic rings. The Hall–Kier alpha value is -3.25. The minimum absolute atomic E-state index is 0.0488. The van der Waals surface area contributed by atoms with Crippen LogP contribution in [0.1, 0.15) is 27.0 Å². The van der Waals surface area contributed by atoms with Crippen LogP contribution in [0, 0.1) is 18.6 Å². The van der Waals surface area contributed by atoms with Gasteiger partial charge < -0.3 is 14.9 Å². The highest BCUT2D eigenvalue weighted by Gasteiger charge is 2.22. The zero-order chi connectivity index (χ0) is 20.3. The average molecular weight is 384 g/mol. The van der Waals surface area contributed by atoms with E-state index >= 15 is 0 Å². The van der Waals surface area contributed by atoms with Gasteiger partial charge in [0.15, 0.2) is 17.8 Å². The molecule has 2 N–H and O–H groups in total. The van der Waals surface area contributed by atoms with Gasteiger partial charge in [0.2, 0.25) is 0 Å². The molecule has 0 aliphatic heterocycles. The molecular weight excluding hydrogens is 366 g/mol. The first-order valence-electron chi connectivity index (χ1n) is 8.53. The molecule has 3 aromatic carbocycles. The number of hydrogen-bond donors (Lipinski definition) is 2. The Morgan fingerprint density at radius 3 is 2.04 bits per heavy atom. The standard InChI is InChI=1S/C22H18F2O4/c1-13-20(15-4-8-17(24)9-5-15)19(18(10-25)22(27)21(13)26)12-28-11-14-2-6-16(23)7-3-14/h2-10,26-27H,11-12H2,1H3. The number of hydrogen-bond acceptors (Lipinski definition) is 4. The van der Waals surface area contributed by atoms with E-state index in [1.807, 2.05) is 0 Å². The summed E-state index contributed by atoms with van der Waals surface area (Å²) in [6.07, 6.45) is 0.443. The Bertz CT molecular complexity index is 997. The summed E-state index contributed by atoms with van der Waals surface area (Å²) >= 11 is 0. The van der Waals surface area contributed by atoms with Crippen molar-refractivity contribution >= 4 is 6.29 Å². The van der Waals surface area contributed by atoms with Crippen LogP contribution < -0.4 is 0 Å². The Morgan fingerprint density at radius 1 is 0.893 bits per heavy atom. The van der Waals surface area contributed by atoms with Gasteiger partial charge in [-0.05, 0) is 47.9 Å². The van der Waals surface area contributed by atoms with Crippen LogP contribution in [0.3, 0.4) is 0 Å². The maximum Gasteiger partial charge on any atom is 0.168 e. The van der Waals surface area contributed by atoms with E-state index < -0.39 is 17.3 Å². The normalized spacial score (nSPS) is 10.8. The summed E-state index contributed by atoms with van der Waals surface area (Å²) in [5, 5.41) is 20.4. The molecule has 4 nitrogen and oxygen atoms in total. The number of halogens is 2. The van der Waals surface area contributed by atoms with E-state index in [2.05, 4.69) is 0 Å². The van der Waals surface area contributed by atoms with Gasteiger partial charge >= 0.3 is 0 Å². The molecular formula is C22H18F2O4. The summed E-state index contributed by atoms with van der Waals surface area (Å²) in [5.74, 6) is -1.72. The Morgan fingerprint density at radius 2 is 1.46 bits per heavy atom. The number of ether oxygens (including phenoxy) is 1. The highest BCUT2D eigenvalue weighted by Crippen LogP contribution is 2.42. The van der Waals surface area contributed by atoms with Crippen molar-refractivity contribution in [3.8, 4) is 22.6 Å². The second kappa shape index (κ2) is 8.19. The topological polar surface area (TPSA) is 66.8 Å². The Labute approximate surface area is 160 Å². The largest absolute Gasteiger partial charge is 0.504 e. The zero-order valence-electron chi connectivity index (χ0n) is 15.1. The molecule has 0 unspecified atom stereocenters. The van der Waals surface area contributed by atoms with Gasteiger partial charge in [-0.1, -0.05) is 24.3 Å². The van der Waals surface area contributed by atoms with Gasteiger partial charge in [-0.25, -0.2) is 8.78 Å². The molecule has 0 saturated carbocycles. The molecule has 0 spiro atoms. The molecule has 6 heteroatoms. The number of aldehydes is 1. The number of aromatic hydroxyl groups is 2. The summed E-state index contributed by atoms with van der Waals surface area (Å²) in [6.45, 7) is 1.70. The van der Waals surface area contributed by atoms with E-state index in [0.717, 1.165) is 5.56 Å². The van der Waals surface area contributed by atoms with Crippen LogP contribution in [0.15, 0.2) is 48.5 Å². The fraction of sp³-hybridized carbons (Fsp3) is 0.136. The lowest BCUT2D eigenvalue weighted by molar-refractivity contribution is 0.103. The van der Waals surface area contributed by atoms with Gasteiger partial charge in [-0.15, -0.1) is 0 Å². The van der Waals surface area contributed by atoms with Crippen molar-refractivity contribution in [1.29, 1.82) is 0 Å². The van der Waals surface area contributed by atoms with Crippen LogP contribution in [0.5, 0.6) is 11.5 Å². The fourth-order valence-corrected chi connectivity index (χ4v) is 3.06. The van der Waals surface area contributed by atoms with E-state index in [9.17, 15) is 23.8 Å². The molecule has 0 aliphatic rings. The molecule has 3 rings (SSSR count). The molecule has 0 atom stereocenters. The predicted octanol–water partition coefficient (Wildman–Crippen LogP) is 4.88. The van der Waals surface area contributed by atoms with Crippen LogP contribution >= 0.6 is 0 Å². The molecule has 0 aliphatic carbocycles. The van der Waals surface area contributed by atoms with Gasteiger partial charge in [0, 0.05) is 11.1 Å². The van der Waals surface area contributed by atoms with Crippen LogP contribution in [0.25, 0.3) is 11.1 Å². The zero-order valence-corrected chi connectivity index (χ0v) is 15.1. The average Bonchev–Trinajstić information content (AvgIpc) is 2.69. The third kappa shape index (κ3) is 3.87. The molecule has 0 bridgehead atoms. The number of rotatable bonds is 6. The number of phenolic OH excluding ortho intramolecular Hbond substituents is 2. The fourth-order valence-electron chi connectivity index (χ4n) is 3.06. The first-order chi connectivity index (χ1) is 13.4. The second-order valence-corrected chi connectivity index (χ2v) is 6.33. The summed E-state index contributed by atoms with van der Waals surface area (Å²) in [7, 11) is 0. The summed E-state index contributed by atoms with van der Waals surface area (Å²) in [4.78, 5) is 11.6. The van der Waals surface area contributed by atoms with Crippen molar-refractivity contribution in [1.82, 2.24) is 0 Å². The molecule has 28 heavy (non-hydrogen) atoms.